The molecule has 0 aromatic rings. The van der Waals surface area contributed by atoms with Gasteiger partial charge in [-0.1, -0.05) is 19.3 Å². The number of amides is 1. The van der Waals surface area contributed by atoms with Crippen molar-refractivity contribution in [3.8, 4) is 0 Å². The number of carbonyl (C=O) groups is 2. The first kappa shape index (κ1) is 20.7. The van der Waals surface area contributed by atoms with E-state index >= 15 is 0 Å². The summed E-state index contributed by atoms with van der Waals surface area (Å²) in [6.07, 6.45) is 7.20. The van der Waals surface area contributed by atoms with Crippen LogP contribution in [0, 0.1) is 0 Å². The molecule has 1 heterocycles. The number of carboxylic acids is 1. The Morgan fingerprint density at radius 1 is 1.17 bits per heavy atom. The zero-order valence-electron chi connectivity index (χ0n) is 15.5. The number of ether oxygens (including phenoxy) is 1. The minimum Gasteiger partial charge on any atom is -0.481 e. The molecule has 1 atom stereocenters. The number of hydrogen-bond donors (Lipinski definition) is 2. The molecule has 0 saturated carbocycles. The lowest BCUT2D eigenvalue weighted by Gasteiger charge is -2.33. The summed E-state index contributed by atoms with van der Waals surface area (Å²) in [5.74, 6) is -0.702. The van der Waals surface area contributed by atoms with E-state index in [4.69, 9.17) is 9.84 Å². The van der Waals surface area contributed by atoms with E-state index in [-0.39, 0.29) is 18.6 Å². The molecule has 0 spiro atoms. The maximum atomic E-state index is 11.8. The van der Waals surface area contributed by atoms with Crippen molar-refractivity contribution in [2.75, 3.05) is 19.6 Å². The van der Waals surface area contributed by atoms with E-state index in [9.17, 15) is 9.59 Å². The van der Waals surface area contributed by atoms with E-state index < -0.39 is 11.6 Å². The van der Waals surface area contributed by atoms with Crippen LogP contribution in [0.5, 0.6) is 0 Å². The first-order valence-electron chi connectivity index (χ1n) is 9.20. The topological polar surface area (TPSA) is 78.9 Å². The second-order valence-electron chi connectivity index (χ2n) is 7.70. The number of piperidine rings is 1. The van der Waals surface area contributed by atoms with Crippen molar-refractivity contribution < 1.29 is 19.4 Å². The van der Waals surface area contributed by atoms with Crippen LogP contribution >= 0.6 is 0 Å². The number of nitrogens with one attached hydrogen (secondary N) is 1. The summed E-state index contributed by atoms with van der Waals surface area (Å²) in [4.78, 5) is 24.7. The van der Waals surface area contributed by atoms with Gasteiger partial charge in [-0.05, 0) is 59.5 Å². The van der Waals surface area contributed by atoms with Crippen LogP contribution in [0.3, 0.4) is 0 Å². The molecule has 0 aromatic carbocycles. The number of carboxylic acid groups (broad SMARTS) is 1. The highest BCUT2D eigenvalue weighted by atomic mass is 16.6. The van der Waals surface area contributed by atoms with Crippen molar-refractivity contribution in [2.24, 2.45) is 0 Å². The Bertz CT molecular complexity index is 393. The maximum absolute atomic E-state index is 11.8. The fraction of sp³-hybridized carbons (Fsp3) is 0.889. The molecule has 1 rings (SSSR count). The third-order valence-electron chi connectivity index (χ3n) is 4.09. The molecule has 1 aliphatic heterocycles. The van der Waals surface area contributed by atoms with Crippen molar-refractivity contribution in [1.29, 1.82) is 0 Å². The van der Waals surface area contributed by atoms with Gasteiger partial charge in [-0.2, -0.15) is 0 Å². The molecule has 6 heteroatoms. The number of unbranched alkanes of at least 4 members (excludes halogenated alkanes) is 4. The van der Waals surface area contributed by atoms with Gasteiger partial charge in [0.25, 0.3) is 0 Å². The van der Waals surface area contributed by atoms with Gasteiger partial charge in [0.2, 0.25) is 0 Å². The van der Waals surface area contributed by atoms with Gasteiger partial charge in [0.05, 0.1) is 0 Å². The number of carbonyl (C=O) groups excluding carboxylic acids is 1. The summed E-state index contributed by atoms with van der Waals surface area (Å²) in [5, 5.41) is 11.6. The summed E-state index contributed by atoms with van der Waals surface area (Å²) in [6, 6.07) is 0.171. The van der Waals surface area contributed by atoms with Crippen LogP contribution in [-0.4, -0.2) is 53.3 Å². The van der Waals surface area contributed by atoms with Crippen LogP contribution in [0.15, 0.2) is 0 Å². The summed E-state index contributed by atoms with van der Waals surface area (Å²) in [7, 11) is 0. The molecule has 0 aliphatic carbocycles. The zero-order valence-corrected chi connectivity index (χ0v) is 15.5. The maximum Gasteiger partial charge on any atom is 0.407 e. The van der Waals surface area contributed by atoms with Crippen molar-refractivity contribution >= 4 is 12.1 Å². The van der Waals surface area contributed by atoms with Crippen LogP contribution in [0.25, 0.3) is 0 Å². The van der Waals surface area contributed by atoms with E-state index in [1.807, 2.05) is 20.8 Å². The molecule has 1 fully saturated rings. The molecule has 1 amide bonds. The van der Waals surface area contributed by atoms with Crippen molar-refractivity contribution in [3.63, 3.8) is 0 Å². The molecule has 1 aliphatic rings. The minimum absolute atomic E-state index is 0.171. The first-order valence-corrected chi connectivity index (χ1v) is 9.20. The average Bonchev–Trinajstić information content (AvgIpc) is 2.44. The molecular formula is C18H34N2O4. The third kappa shape index (κ3) is 10.5. The van der Waals surface area contributed by atoms with Gasteiger partial charge >= 0.3 is 12.1 Å². The molecule has 0 aromatic heterocycles. The quantitative estimate of drug-likeness (QED) is 0.628. The molecule has 0 radical (unpaired) electrons. The SMILES string of the molecule is CC(C)(C)OC(=O)N[C@@H]1CCCN(CCCCCCCC(=O)O)C1. The average molecular weight is 342 g/mol. The summed E-state index contributed by atoms with van der Waals surface area (Å²) < 4.78 is 5.32. The number of nitrogens with zero attached hydrogens (tertiary/aromatic N) is 1. The summed E-state index contributed by atoms with van der Waals surface area (Å²) >= 11 is 0. The van der Waals surface area contributed by atoms with Gasteiger partial charge in [-0.15, -0.1) is 0 Å². The molecule has 140 valence electrons. The minimum atomic E-state index is -0.702. The number of likely N-dealkylation sites (tertiary alicyclic amines) is 1. The van der Waals surface area contributed by atoms with Crippen molar-refractivity contribution in [2.45, 2.75) is 83.8 Å². The fourth-order valence-electron chi connectivity index (χ4n) is 2.99. The molecule has 2 N–H and O–H groups in total. The molecule has 1 saturated heterocycles. The van der Waals surface area contributed by atoms with Gasteiger partial charge in [0.15, 0.2) is 0 Å². The van der Waals surface area contributed by atoms with Gasteiger partial charge in [-0.3, -0.25) is 4.79 Å². The highest BCUT2D eigenvalue weighted by Crippen LogP contribution is 2.14. The molecule has 6 nitrogen and oxygen atoms in total. The Morgan fingerprint density at radius 3 is 2.50 bits per heavy atom. The third-order valence-corrected chi connectivity index (χ3v) is 4.09. The first-order chi connectivity index (χ1) is 11.3. The van der Waals surface area contributed by atoms with E-state index in [0.717, 1.165) is 64.6 Å². The molecule has 24 heavy (non-hydrogen) atoms. The molecule has 0 unspecified atom stereocenters. The normalized spacial score (nSPS) is 19.0. The number of alkyl carbamates (subject to hydrolysis) is 1. The van der Waals surface area contributed by atoms with Gasteiger partial charge in [-0.25, -0.2) is 4.79 Å². The van der Waals surface area contributed by atoms with Crippen LogP contribution in [0.1, 0.15) is 72.1 Å². The zero-order chi connectivity index (χ0) is 18.0. The second-order valence-corrected chi connectivity index (χ2v) is 7.70. The van der Waals surface area contributed by atoms with E-state index in [1.165, 1.54) is 0 Å². The highest BCUT2D eigenvalue weighted by Gasteiger charge is 2.23. The standard InChI is InChI=1S/C18H34N2O4/c1-18(2,3)24-17(23)19-15-10-9-13-20(14-15)12-8-6-4-5-7-11-16(21)22/h15H,4-14H2,1-3H3,(H,19,23)(H,21,22)/t15-/m1/s1. The van der Waals surface area contributed by atoms with E-state index in [2.05, 4.69) is 10.2 Å². The second kappa shape index (κ2) is 10.5. The van der Waals surface area contributed by atoms with Gasteiger partial charge < -0.3 is 20.1 Å². The monoisotopic (exact) mass is 342 g/mol. The van der Waals surface area contributed by atoms with Crippen molar-refractivity contribution in [1.82, 2.24) is 10.2 Å². The molecule has 0 bridgehead atoms. The summed E-state index contributed by atoms with van der Waals surface area (Å²) in [5.41, 5.74) is -0.459. The predicted molar refractivity (Wildman–Crippen MR) is 94.2 cm³/mol. The number of rotatable bonds is 9. The van der Waals surface area contributed by atoms with Crippen molar-refractivity contribution in [3.05, 3.63) is 0 Å². The van der Waals surface area contributed by atoms with Gasteiger partial charge in [0.1, 0.15) is 5.60 Å². The molecular weight excluding hydrogens is 308 g/mol. The lowest BCUT2D eigenvalue weighted by atomic mass is 10.0. The Morgan fingerprint density at radius 2 is 1.83 bits per heavy atom. The van der Waals surface area contributed by atoms with Crippen LogP contribution in [0.2, 0.25) is 0 Å². The van der Waals surface area contributed by atoms with Gasteiger partial charge in [0, 0.05) is 19.0 Å². The summed E-state index contributed by atoms with van der Waals surface area (Å²) in [6.45, 7) is 8.64. The fourth-order valence-corrected chi connectivity index (χ4v) is 2.99. The Hall–Kier alpha value is -1.30. The largest absolute Gasteiger partial charge is 0.481 e. The Balaban J connectivity index is 2.12. The smallest absolute Gasteiger partial charge is 0.407 e. The highest BCUT2D eigenvalue weighted by molar-refractivity contribution is 5.68. The van der Waals surface area contributed by atoms with Crippen LogP contribution in [-0.2, 0) is 9.53 Å². The van der Waals surface area contributed by atoms with E-state index in [0.29, 0.717) is 0 Å². The number of hydrogen-bond acceptors (Lipinski definition) is 4. The Kier molecular flexibility index (Phi) is 9.11. The lowest BCUT2D eigenvalue weighted by Crippen LogP contribution is -2.49. The van der Waals surface area contributed by atoms with Crippen LogP contribution in [0.4, 0.5) is 4.79 Å². The number of aliphatic carboxylic acids is 1. The van der Waals surface area contributed by atoms with Crippen LogP contribution < -0.4 is 5.32 Å². The lowest BCUT2D eigenvalue weighted by molar-refractivity contribution is -0.137. The Labute approximate surface area is 145 Å². The van der Waals surface area contributed by atoms with E-state index in [1.54, 1.807) is 0 Å². The predicted octanol–water partition coefficient (Wildman–Crippen LogP) is 3.40.